The van der Waals surface area contributed by atoms with Crippen LogP contribution in [0, 0.1) is 0 Å². The molecule has 0 aromatic heterocycles. The number of carbonyl (C=O) groups excluding carboxylic acids is 1. The molecule has 6 nitrogen and oxygen atoms in total. The SMILES string of the molecule is C=CCN(CC=C)S(=O)(=O)c1ccc(NC(=O)c2cccc(OCCc3ccccc3)c2)cc1. The third kappa shape index (κ3) is 6.66. The van der Waals surface area contributed by atoms with Crippen LogP contribution in [0.5, 0.6) is 5.75 Å². The van der Waals surface area contributed by atoms with Gasteiger partial charge in [-0.2, -0.15) is 4.31 Å². The van der Waals surface area contributed by atoms with Crippen molar-refractivity contribution in [2.24, 2.45) is 0 Å². The Kier molecular flexibility index (Phi) is 8.79. The number of ether oxygens (including phenoxy) is 1. The number of rotatable bonds is 12. The molecule has 0 saturated carbocycles. The molecule has 0 saturated heterocycles. The quantitative estimate of drug-likeness (QED) is 0.377. The Morgan fingerprint density at radius 1 is 0.912 bits per heavy atom. The number of sulfonamides is 1. The van der Waals surface area contributed by atoms with E-state index < -0.39 is 10.0 Å². The van der Waals surface area contributed by atoms with E-state index in [1.165, 1.54) is 34.2 Å². The zero-order valence-corrected chi connectivity index (χ0v) is 19.7. The molecule has 1 N–H and O–H groups in total. The highest BCUT2D eigenvalue weighted by Gasteiger charge is 2.22. The summed E-state index contributed by atoms with van der Waals surface area (Å²) in [4.78, 5) is 12.8. The van der Waals surface area contributed by atoms with Gasteiger partial charge in [0.2, 0.25) is 10.0 Å². The minimum absolute atomic E-state index is 0.128. The molecule has 7 heteroatoms. The van der Waals surface area contributed by atoms with Crippen LogP contribution < -0.4 is 10.1 Å². The zero-order valence-electron chi connectivity index (χ0n) is 18.9. The summed E-state index contributed by atoms with van der Waals surface area (Å²) in [6.45, 7) is 8.06. The molecular formula is C27H28N2O4S. The van der Waals surface area contributed by atoms with Gasteiger partial charge >= 0.3 is 0 Å². The second-order valence-electron chi connectivity index (χ2n) is 7.49. The first-order valence-electron chi connectivity index (χ1n) is 10.8. The molecule has 1 amide bonds. The fourth-order valence-corrected chi connectivity index (χ4v) is 4.66. The van der Waals surface area contributed by atoms with Gasteiger partial charge in [-0.1, -0.05) is 48.6 Å². The van der Waals surface area contributed by atoms with E-state index in [0.717, 1.165) is 6.42 Å². The normalized spacial score (nSPS) is 11.1. The van der Waals surface area contributed by atoms with Crippen LogP contribution in [-0.2, 0) is 16.4 Å². The molecule has 3 aromatic carbocycles. The first kappa shape index (κ1) is 25.0. The summed E-state index contributed by atoms with van der Waals surface area (Å²) in [5.74, 6) is 0.290. The molecule has 0 heterocycles. The van der Waals surface area contributed by atoms with Crippen LogP contribution in [0.15, 0.2) is 109 Å². The van der Waals surface area contributed by atoms with Crippen LogP contribution in [0.3, 0.4) is 0 Å². The number of nitrogens with one attached hydrogen (secondary N) is 1. The summed E-state index contributed by atoms with van der Waals surface area (Å²) in [7, 11) is -3.70. The predicted octanol–water partition coefficient (Wildman–Crippen LogP) is 4.92. The van der Waals surface area contributed by atoms with E-state index in [1.54, 1.807) is 36.4 Å². The fourth-order valence-electron chi connectivity index (χ4n) is 3.28. The average Bonchev–Trinajstić information content (AvgIpc) is 2.85. The van der Waals surface area contributed by atoms with Crippen LogP contribution in [0.4, 0.5) is 5.69 Å². The minimum atomic E-state index is -3.70. The average molecular weight is 477 g/mol. The molecule has 34 heavy (non-hydrogen) atoms. The van der Waals surface area contributed by atoms with Crippen molar-refractivity contribution in [3.63, 3.8) is 0 Å². The van der Waals surface area contributed by atoms with Gasteiger partial charge in [-0.05, 0) is 48.0 Å². The van der Waals surface area contributed by atoms with Gasteiger partial charge in [0.15, 0.2) is 0 Å². The van der Waals surface area contributed by atoms with Crippen molar-refractivity contribution in [2.45, 2.75) is 11.3 Å². The van der Waals surface area contributed by atoms with E-state index in [9.17, 15) is 13.2 Å². The number of hydrogen-bond acceptors (Lipinski definition) is 4. The maximum absolute atomic E-state index is 12.8. The highest BCUT2D eigenvalue weighted by atomic mass is 32.2. The van der Waals surface area contributed by atoms with Crippen molar-refractivity contribution >= 4 is 21.6 Å². The molecule has 0 aliphatic carbocycles. The van der Waals surface area contributed by atoms with Gasteiger partial charge < -0.3 is 10.1 Å². The molecule has 0 atom stereocenters. The lowest BCUT2D eigenvalue weighted by Gasteiger charge is -2.19. The molecule has 0 aliphatic rings. The first-order chi connectivity index (χ1) is 16.4. The lowest BCUT2D eigenvalue weighted by molar-refractivity contribution is 0.102. The number of amides is 1. The van der Waals surface area contributed by atoms with Gasteiger partial charge in [-0.3, -0.25) is 4.79 Å². The van der Waals surface area contributed by atoms with Crippen molar-refractivity contribution < 1.29 is 17.9 Å². The third-order valence-corrected chi connectivity index (χ3v) is 6.86. The lowest BCUT2D eigenvalue weighted by Crippen LogP contribution is -2.31. The van der Waals surface area contributed by atoms with Gasteiger partial charge in [-0.15, -0.1) is 13.2 Å². The molecule has 0 unspecified atom stereocenters. The Balaban J connectivity index is 1.62. The largest absolute Gasteiger partial charge is 0.493 e. The summed E-state index contributed by atoms with van der Waals surface area (Å²) >= 11 is 0. The van der Waals surface area contributed by atoms with E-state index in [-0.39, 0.29) is 23.9 Å². The van der Waals surface area contributed by atoms with E-state index in [2.05, 4.69) is 18.5 Å². The summed E-state index contributed by atoms with van der Waals surface area (Å²) in [6, 6.07) is 23.0. The molecule has 3 rings (SSSR count). The Morgan fingerprint density at radius 2 is 1.59 bits per heavy atom. The van der Waals surface area contributed by atoms with Crippen molar-refractivity contribution in [3.05, 3.63) is 115 Å². The summed E-state index contributed by atoms with van der Waals surface area (Å²) in [6.07, 6.45) is 3.81. The number of nitrogens with zero attached hydrogens (tertiary/aromatic N) is 1. The number of hydrogen-bond donors (Lipinski definition) is 1. The molecule has 0 aliphatic heterocycles. The first-order valence-corrected chi connectivity index (χ1v) is 12.3. The monoisotopic (exact) mass is 476 g/mol. The highest BCUT2D eigenvalue weighted by Crippen LogP contribution is 2.20. The van der Waals surface area contributed by atoms with Crippen molar-refractivity contribution in [3.8, 4) is 5.75 Å². The Labute approximate surface area is 201 Å². The van der Waals surface area contributed by atoms with E-state index in [1.807, 2.05) is 30.3 Å². The maximum atomic E-state index is 12.8. The van der Waals surface area contributed by atoms with Crippen LogP contribution in [0.1, 0.15) is 15.9 Å². The molecule has 176 valence electrons. The van der Waals surface area contributed by atoms with Crippen molar-refractivity contribution in [1.29, 1.82) is 0 Å². The standard InChI is InChI=1S/C27H28N2O4S/c1-3-18-29(19-4-2)34(31,32)26-15-13-24(14-16-26)28-27(30)23-11-8-12-25(21-23)33-20-17-22-9-6-5-7-10-22/h3-16,21H,1-2,17-20H2,(H,28,30). The van der Waals surface area contributed by atoms with Crippen LogP contribution >= 0.6 is 0 Å². The summed E-state index contributed by atoms with van der Waals surface area (Å²) in [5, 5.41) is 2.79. The van der Waals surface area contributed by atoms with Gasteiger partial charge in [0.25, 0.3) is 5.91 Å². The van der Waals surface area contributed by atoms with Crippen molar-refractivity contribution in [2.75, 3.05) is 25.0 Å². The number of carbonyl (C=O) groups is 1. The molecular weight excluding hydrogens is 448 g/mol. The van der Waals surface area contributed by atoms with Gasteiger partial charge in [0.1, 0.15) is 5.75 Å². The predicted molar refractivity (Wildman–Crippen MR) is 136 cm³/mol. The topological polar surface area (TPSA) is 75.7 Å². The van der Waals surface area contributed by atoms with Crippen LogP contribution in [-0.4, -0.2) is 38.3 Å². The Hall–Kier alpha value is -3.68. The van der Waals surface area contributed by atoms with Gasteiger partial charge in [0.05, 0.1) is 11.5 Å². The van der Waals surface area contributed by atoms with E-state index in [0.29, 0.717) is 23.6 Å². The highest BCUT2D eigenvalue weighted by molar-refractivity contribution is 7.89. The Bertz CT molecular complexity index is 1210. The lowest BCUT2D eigenvalue weighted by atomic mass is 10.1. The third-order valence-electron chi connectivity index (χ3n) is 5.01. The Morgan fingerprint density at radius 3 is 2.24 bits per heavy atom. The molecule has 0 fully saturated rings. The second kappa shape index (κ2) is 12.0. The summed E-state index contributed by atoms with van der Waals surface area (Å²) < 4.78 is 32.7. The number of benzene rings is 3. The molecule has 0 radical (unpaired) electrons. The summed E-state index contributed by atoms with van der Waals surface area (Å²) in [5.41, 5.74) is 2.11. The second-order valence-corrected chi connectivity index (χ2v) is 9.43. The van der Waals surface area contributed by atoms with E-state index in [4.69, 9.17) is 4.74 Å². The van der Waals surface area contributed by atoms with E-state index >= 15 is 0 Å². The molecule has 3 aromatic rings. The molecule has 0 spiro atoms. The molecule has 0 bridgehead atoms. The van der Waals surface area contributed by atoms with Gasteiger partial charge in [-0.25, -0.2) is 8.42 Å². The maximum Gasteiger partial charge on any atom is 0.255 e. The zero-order chi connectivity index (χ0) is 24.4. The van der Waals surface area contributed by atoms with Crippen LogP contribution in [0.25, 0.3) is 0 Å². The minimum Gasteiger partial charge on any atom is -0.493 e. The fraction of sp³-hybridized carbons (Fsp3) is 0.148. The smallest absolute Gasteiger partial charge is 0.255 e. The van der Waals surface area contributed by atoms with Crippen molar-refractivity contribution in [1.82, 2.24) is 4.31 Å². The van der Waals surface area contributed by atoms with Gasteiger partial charge in [0, 0.05) is 30.8 Å². The van der Waals surface area contributed by atoms with Crippen LogP contribution in [0.2, 0.25) is 0 Å². The number of anilines is 1.